The van der Waals surface area contributed by atoms with Crippen LogP contribution in [-0.4, -0.2) is 44.7 Å². The highest BCUT2D eigenvalue weighted by Crippen LogP contribution is 2.33. The molecule has 1 aromatic carbocycles. The van der Waals surface area contributed by atoms with Crippen LogP contribution in [0.2, 0.25) is 0 Å². The maximum absolute atomic E-state index is 12.9. The molecular weight excluding hydrogens is 384 g/mol. The minimum atomic E-state index is -1.63. The standard InChI is InChI=1S/C24H32O6/c1-5-27-21(28-6-2)19-24(22(25)29-7-3,23(26)30-8-4)18-14-10-13-17-20-15-11-9-12-16-20/h9,11-13,15-17,21H,5-8,18-19H2,1-4H3/b17-13+. The molecule has 0 heterocycles. The molecule has 0 aromatic heterocycles. The minimum absolute atomic E-state index is 0.0383. The first-order valence-electron chi connectivity index (χ1n) is 10.3. The van der Waals surface area contributed by atoms with Gasteiger partial charge in [-0.1, -0.05) is 42.2 Å². The molecule has 30 heavy (non-hydrogen) atoms. The summed E-state index contributed by atoms with van der Waals surface area (Å²) < 4.78 is 21.6. The van der Waals surface area contributed by atoms with Crippen LogP contribution < -0.4 is 0 Å². The predicted octanol–water partition coefficient (Wildman–Crippen LogP) is 4.00. The molecule has 0 fully saturated rings. The Kier molecular flexibility index (Phi) is 12.2. The third-order valence-electron chi connectivity index (χ3n) is 4.20. The lowest BCUT2D eigenvalue weighted by Gasteiger charge is -2.30. The van der Waals surface area contributed by atoms with Crippen LogP contribution >= 0.6 is 0 Å². The Morgan fingerprint density at radius 3 is 2.00 bits per heavy atom. The van der Waals surface area contributed by atoms with Gasteiger partial charge in [0, 0.05) is 26.1 Å². The number of hydrogen-bond acceptors (Lipinski definition) is 6. The van der Waals surface area contributed by atoms with E-state index in [0.717, 1.165) is 5.56 Å². The summed E-state index contributed by atoms with van der Waals surface area (Å²) in [6.07, 6.45) is 2.67. The van der Waals surface area contributed by atoms with Gasteiger partial charge in [0.05, 0.1) is 13.2 Å². The number of esters is 2. The van der Waals surface area contributed by atoms with Crippen LogP contribution in [0.15, 0.2) is 36.4 Å². The van der Waals surface area contributed by atoms with Crippen molar-refractivity contribution in [2.75, 3.05) is 26.4 Å². The first-order chi connectivity index (χ1) is 14.5. The van der Waals surface area contributed by atoms with E-state index in [-0.39, 0.29) is 26.1 Å². The molecule has 0 spiro atoms. The van der Waals surface area contributed by atoms with Crippen molar-refractivity contribution < 1.29 is 28.5 Å². The normalized spacial score (nSPS) is 11.2. The molecule has 1 rings (SSSR count). The van der Waals surface area contributed by atoms with Crippen LogP contribution in [0.1, 0.15) is 46.1 Å². The van der Waals surface area contributed by atoms with Gasteiger partial charge in [0.2, 0.25) is 0 Å². The van der Waals surface area contributed by atoms with Crippen molar-refractivity contribution in [3.8, 4) is 11.8 Å². The van der Waals surface area contributed by atoms with E-state index in [9.17, 15) is 9.59 Å². The molecule has 6 heteroatoms. The van der Waals surface area contributed by atoms with Crippen molar-refractivity contribution in [2.45, 2.75) is 46.8 Å². The summed E-state index contributed by atoms with van der Waals surface area (Å²) in [5.41, 5.74) is -0.629. The zero-order valence-corrected chi connectivity index (χ0v) is 18.3. The molecule has 0 bridgehead atoms. The molecule has 0 unspecified atom stereocenters. The molecule has 0 N–H and O–H groups in total. The fourth-order valence-corrected chi connectivity index (χ4v) is 2.79. The SMILES string of the molecule is CCOC(=O)C(CC#C/C=C/c1ccccc1)(CC(OCC)OCC)C(=O)OCC. The number of rotatable bonds is 12. The van der Waals surface area contributed by atoms with Gasteiger partial charge in [-0.2, -0.15) is 0 Å². The van der Waals surface area contributed by atoms with Gasteiger partial charge < -0.3 is 18.9 Å². The van der Waals surface area contributed by atoms with E-state index in [2.05, 4.69) is 11.8 Å². The second-order valence-corrected chi connectivity index (χ2v) is 6.31. The smallest absolute Gasteiger partial charge is 0.324 e. The summed E-state index contributed by atoms with van der Waals surface area (Å²) in [7, 11) is 0. The molecule has 0 aliphatic rings. The van der Waals surface area contributed by atoms with Crippen LogP contribution in [0, 0.1) is 17.3 Å². The lowest BCUT2D eigenvalue weighted by atomic mass is 9.80. The Labute approximate surface area is 179 Å². The van der Waals surface area contributed by atoms with E-state index in [1.807, 2.05) is 50.3 Å². The predicted molar refractivity (Wildman–Crippen MR) is 115 cm³/mol. The Morgan fingerprint density at radius 2 is 1.50 bits per heavy atom. The van der Waals surface area contributed by atoms with Crippen molar-refractivity contribution in [1.29, 1.82) is 0 Å². The third-order valence-corrected chi connectivity index (χ3v) is 4.20. The van der Waals surface area contributed by atoms with Crippen molar-refractivity contribution in [3.63, 3.8) is 0 Å². The summed E-state index contributed by atoms with van der Waals surface area (Å²) >= 11 is 0. The number of hydrogen-bond donors (Lipinski definition) is 0. The van der Waals surface area contributed by atoms with Gasteiger partial charge >= 0.3 is 11.9 Å². The Morgan fingerprint density at radius 1 is 0.933 bits per heavy atom. The molecule has 0 radical (unpaired) electrons. The number of ether oxygens (including phenoxy) is 4. The van der Waals surface area contributed by atoms with Crippen molar-refractivity contribution in [3.05, 3.63) is 42.0 Å². The van der Waals surface area contributed by atoms with Gasteiger partial charge in [0.1, 0.15) is 0 Å². The average Bonchev–Trinajstić information content (AvgIpc) is 2.74. The van der Waals surface area contributed by atoms with E-state index < -0.39 is 23.6 Å². The lowest BCUT2D eigenvalue weighted by molar-refractivity contribution is -0.190. The maximum Gasteiger partial charge on any atom is 0.324 e. The summed E-state index contributed by atoms with van der Waals surface area (Å²) in [4.78, 5) is 25.8. The Balaban J connectivity index is 3.17. The molecule has 0 aliphatic carbocycles. The van der Waals surface area contributed by atoms with Crippen LogP contribution in [0.25, 0.3) is 6.08 Å². The summed E-state index contributed by atoms with van der Waals surface area (Å²) in [5, 5.41) is 0. The van der Waals surface area contributed by atoms with Crippen molar-refractivity contribution >= 4 is 18.0 Å². The molecular formula is C24H32O6. The first kappa shape index (κ1) is 25.4. The third kappa shape index (κ3) is 8.02. The average molecular weight is 417 g/mol. The topological polar surface area (TPSA) is 71.1 Å². The van der Waals surface area contributed by atoms with Crippen LogP contribution in [0.5, 0.6) is 0 Å². The minimum Gasteiger partial charge on any atom is -0.465 e. The summed E-state index contributed by atoms with van der Waals surface area (Å²) in [6, 6.07) is 9.70. The van der Waals surface area contributed by atoms with Gasteiger partial charge in [-0.25, -0.2) is 0 Å². The maximum atomic E-state index is 12.9. The fourth-order valence-electron chi connectivity index (χ4n) is 2.79. The number of benzene rings is 1. The molecule has 6 nitrogen and oxygen atoms in total. The molecule has 0 amide bonds. The molecule has 0 saturated heterocycles. The van der Waals surface area contributed by atoms with Gasteiger partial charge in [0.15, 0.2) is 11.7 Å². The molecule has 0 atom stereocenters. The second kappa shape index (κ2) is 14.4. The van der Waals surface area contributed by atoms with E-state index in [4.69, 9.17) is 18.9 Å². The largest absolute Gasteiger partial charge is 0.465 e. The Hall–Kier alpha value is -2.62. The van der Waals surface area contributed by atoms with E-state index >= 15 is 0 Å². The van der Waals surface area contributed by atoms with E-state index in [1.165, 1.54) is 0 Å². The number of carbonyl (C=O) groups excluding carboxylic acids is 2. The van der Waals surface area contributed by atoms with Crippen LogP contribution in [0.4, 0.5) is 0 Å². The zero-order chi connectivity index (χ0) is 22.2. The lowest BCUT2D eigenvalue weighted by Crippen LogP contribution is -2.45. The molecule has 1 aromatic rings. The summed E-state index contributed by atoms with van der Waals surface area (Å²) in [6.45, 7) is 8.02. The van der Waals surface area contributed by atoms with Crippen molar-refractivity contribution in [2.24, 2.45) is 5.41 Å². The highest BCUT2D eigenvalue weighted by atomic mass is 16.7. The quantitative estimate of drug-likeness (QED) is 0.222. The second-order valence-electron chi connectivity index (χ2n) is 6.31. The first-order valence-corrected chi connectivity index (χ1v) is 10.3. The number of carbonyl (C=O) groups is 2. The van der Waals surface area contributed by atoms with Crippen LogP contribution in [0.3, 0.4) is 0 Å². The van der Waals surface area contributed by atoms with Crippen LogP contribution in [-0.2, 0) is 28.5 Å². The van der Waals surface area contributed by atoms with Gasteiger partial charge in [-0.3, -0.25) is 9.59 Å². The van der Waals surface area contributed by atoms with E-state index in [0.29, 0.717) is 13.2 Å². The Bertz CT molecular complexity index is 705. The van der Waals surface area contributed by atoms with Gasteiger partial charge in [-0.15, -0.1) is 0 Å². The fraction of sp³-hybridized carbons (Fsp3) is 0.500. The summed E-state index contributed by atoms with van der Waals surface area (Å²) in [5.74, 6) is 4.44. The van der Waals surface area contributed by atoms with E-state index in [1.54, 1.807) is 19.9 Å². The molecule has 164 valence electrons. The zero-order valence-electron chi connectivity index (χ0n) is 18.3. The van der Waals surface area contributed by atoms with Crippen molar-refractivity contribution in [1.82, 2.24) is 0 Å². The highest BCUT2D eigenvalue weighted by Gasteiger charge is 2.50. The number of allylic oxidation sites excluding steroid dienone is 1. The van der Waals surface area contributed by atoms with Gasteiger partial charge in [0.25, 0.3) is 0 Å². The molecule has 0 aliphatic heterocycles. The highest BCUT2D eigenvalue weighted by molar-refractivity contribution is 6.00. The molecule has 0 saturated carbocycles. The van der Waals surface area contributed by atoms with Gasteiger partial charge in [-0.05, 0) is 45.4 Å². The monoisotopic (exact) mass is 416 g/mol.